The van der Waals surface area contributed by atoms with Gasteiger partial charge in [0.05, 0.1) is 6.54 Å². The molecule has 114 valence electrons. The molecule has 0 aliphatic carbocycles. The molecule has 3 nitrogen and oxygen atoms in total. The Labute approximate surface area is 135 Å². The molecule has 2 aromatic carbocycles. The molecule has 1 amide bonds. The van der Waals surface area contributed by atoms with Gasteiger partial charge in [0.25, 0.3) is 0 Å². The van der Waals surface area contributed by atoms with Crippen molar-refractivity contribution in [3.8, 4) is 0 Å². The number of fused-ring (bicyclic) bond motifs is 1. The molecule has 3 rings (SSSR count). The van der Waals surface area contributed by atoms with Crippen LogP contribution in [0.25, 0.3) is 0 Å². The van der Waals surface area contributed by atoms with Crippen molar-refractivity contribution in [3.05, 3.63) is 70.2 Å². The second-order valence-electron chi connectivity index (χ2n) is 5.63. The lowest BCUT2D eigenvalue weighted by Gasteiger charge is -2.28. The summed E-state index contributed by atoms with van der Waals surface area (Å²) in [5, 5.41) is 3.68. The van der Waals surface area contributed by atoms with Crippen LogP contribution in [0, 0.1) is 0 Å². The van der Waals surface area contributed by atoms with E-state index in [9.17, 15) is 4.79 Å². The normalized spacial score (nSPS) is 14.4. The van der Waals surface area contributed by atoms with E-state index in [-0.39, 0.29) is 5.91 Å². The van der Waals surface area contributed by atoms with Crippen LogP contribution in [-0.4, -0.2) is 23.9 Å². The predicted octanol–water partition coefficient (Wildman–Crippen LogP) is 3.01. The van der Waals surface area contributed by atoms with Gasteiger partial charge in [-0.25, -0.2) is 0 Å². The van der Waals surface area contributed by atoms with Gasteiger partial charge in [-0.1, -0.05) is 48.0 Å². The number of hydrogen-bond donors (Lipinski definition) is 1. The summed E-state index contributed by atoms with van der Waals surface area (Å²) in [6.45, 7) is 2.78. The molecule has 0 saturated heterocycles. The molecule has 0 spiro atoms. The minimum absolute atomic E-state index is 0.0642. The summed E-state index contributed by atoms with van der Waals surface area (Å²) < 4.78 is 0. The Balaban J connectivity index is 1.49. The van der Waals surface area contributed by atoms with E-state index in [0.29, 0.717) is 18.1 Å². The molecule has 1 heterocycles. The number of carbonyl (C=O) groups excluding carboxylic acids is 1. The zero-order chi connectivity index (χ0) is 15.4. The highest BCUT2D eigenvalue weighted by Gasteiger charge is 2.17. The molecule has 0 bridgehead atoms. The Bertz CT molecular complexity index is 654. The van der Waals surface area contributed by atoms with Crippen molar-refractivity contribution in [1.82, 2.24) is 10.2 Å². The molecule has 4 heteroatoms. The predicted molar refractivity (Wildman–Crippen MR) is 88.7 cm³/mol. The molecule has 1 aliphatic heterocycles. The lowest BCUT2D eigenvalue weighted by atomic mass is 10.00. The maximum Gasteiger partial charge on any atom is 0.234 e. The van der Waals surface area contributed by atoms with Crippen molar-refractivity contribution in [1.29, 1.82) is 0 Å². The average molecular weight is 315 g/mol. The first kappa shape index (κ1) is 15.1. The summed E-state index contributed by atoms with van der Waals surface area (Å²) in [6.07, 6.45) is 1.01. The van der Waals surface area contributed by atoms with Gasteiger partial charge >= 0.3 is 0 Å². The number of carbonyl (C=O) groups is 1. The molecule has 0 atom stereocenters. The fraction of sp³-hybridized carbons (Fsp3) is 0.278. The quantitative estimate of drug-likeness (QED) is 0.941. The van der Waals surface area contributed by atoms with Crippen LogP contribution in [0.15, 0.2) is 48.5 Å². The molecule has 1 N–H and O–H groups in total. The van der Waals surface area contributed by atoms with E-state index in [1.165, 1.54) is 11.1 Å². The summed E-state index contributed by atoms with van der Waals surface area (Å²) in [5.74, 6) is 0.0642. The smallest absolute Gasteiger partial charge is 0.234 e. The van der Waals surface area contributed by atoms with Crippen molar-refractivity contribution in [2.75, 3.05) is 13.1 Å². The summed E-state index contributed by atoms with van der Waals surface area (Å²) in [5.41, 5.74) is 3.79. The van der Waals surface area contributed by atoms with Gasteiger partial charge < -0.3 is 5.32 Å². The van der Waals surface area contributed by atoms with E-state index in [1.54, 1.807) is 0 Å². The van der Waals surface area contributed by atoms with Gasteiger partial charge in [0.2, 0.25) is 5.91 Å². The fourth-order valence-electron chi connectivity index (χ4n) is 2.75. The second kappa shape index (κ2) is 6.95. The number of nitrogens with one attached hydrogen (secondary N) is 1. The van der Waals surface area contributed by atoms with Crippen LogP contribution < -0.4 is 5.32 Å². The molecular weight excluding hydrogens is 296 g/mol. The van der Waals surface area contributed by atoms with Gasteiger partial charge in [-0.15, -0.1) is 0 Å². The highest BCUT2D eigenvalue weighted by molar-refractivity contribution is 6.30. The number of amides is 1. The van der Waals surface area contributed by atoms with Crippen LogP contribution >= 0.6 is 11.6 Å². The van der Waals surface area contributed by atoms with E-state index < -0.39 is 0 Å². The van der Waals surface area contributed by atoms with Crippen molar-refractivity contribution in [2.45, 2.75) is 19.5 Å². The Hall–Kier alpha value is -1.84. The number of benzene rings is 2. The monoisotopic (exact) mass is 314 g/mol. The summed E-state index contributed by atoms with van der Waals surface area (Å²) in [6, 6.07) is 16.0. The Morgan fingerprint density at radius 1 is 1.09 bits per heavy atom. The highest BCUT2D eigenvalue weighted by Crippen LogP contribution is 2.18. The maximum absolute atomic E-state index is 12.1. The van der Waals surface area contributed by atoms with E-state index >= 15 is 0 Å². The van der Waals surface area contributed by atoms with Crippen LogP contribution in [0.4, 0.5) is 0 Å². The first-order chi connectivity index (χ1) is 10.7. The molecule has 0 fully saturated rings. The van der Waals surface area contributed by atoms with Crippen molar-refractivity contribution < 1.29 is 4.79 Å². The van der Waals surface area contributed by atoms with E-state index in [2.05, 4.69) is 34.5 Å². The topological polar surface area (TPSA) is 32.3 Å². The molecular formula is C18H19ClN2O. The maximum atomic E-state index is 12.1. The molecule has 1 aliphatic rings. The van der Waals surface area contributed by atoms with Gasteiger partial charge in [-0.3, -0.25) is 9.69 Å². The SMILES string of the molecule is O=C(CN1CCc2ccccc2C1)NCc1ccc(Cl)cc1. The molecule has 2 aromatic rings. The minimum atomic E-state index is 0.0642. The van der Waals surface area contributed by atoms with Crippen LogP contribution in [0.2, 0.25) is 5.02 Å². The second-order valence-corrected chi connectivity index (χ2v) is 6.07. The number of halogens is 1. The van der Waals surface area contributed by atoms with Crippen LogP contribution in [-0.2, 0) is 24.3 Å². The highest BCUT2D eigenvalue weighted by atomic mass is 35.5. The molecule has 0 saturated carbocycles. The first-order valence-electron chi connectivity index (χ1n) is 7.51. The zero-order valence-corrected chi connectivity index (χ0v) is 13.1. The minimum Gasteiger partial charge on any atom is -0.351 e. The van der Waals surface area contributed by atoms with Gasteiger partial charge in [0.1, 0.15) is 0 Å². The van der Waals surface area contributed by atoms with E-state index in [1.807, 2.05) is 24.3 Å². The first-order valence-corrected chi connectivity index (χ1v) is 7.89. The third-order valence-electron chi connectivity index (χ3n) is 3.98. The zero-order valence-electron chi connectivity index (χ0n) is 12.4. The largest absolute Gasteiger partial charge is 0.351 e. The van der Waals surface area contributed by atoms with Crippen molar-refractivity contribution in [3.63, 3.8) is 0 Å². The Morgan fingerprint density at radius 2 is 1.82 bits per heavy atom. The van der Waals surface area contributed by atoms with Crippen molar-refractivity contribution >= 4 is 17.5 Å². The molecule has 0 unspecified atom stereocenters. The third kappa shape index (κ3) is 3.87. The Kier molecular flexibility index (Phi) is 4.76. The van der Waals surface area contributed by atoms with Gasteiger partial charge in [0, 0.05) is 24.7 Å². The Morgan fingerprint density at radius 3 is 2.59 bits per heavy atom. The summed E-state index contributed by atoms with van der Waals surface area (Å²) >= 11 is 5.85. The number of rotatable bonds is 4. The van der Waals surface area contributed by atoms with Crippen LogP contribution in [0.1, 0.15) is 16.7 Å². The van der Waals surface area contributed by atoms with E-state index in [4.69, 9.17) is 11.6 Å². The van der Waals surface area contributed by atoms with Crippen LogP contribution in [0.3, 0.4) is 0 Å². The summed E-state index contributed by atoms with van der Waals surface area (Å²) in [7, 11) is 0. The standard InChI is InChI=1S/C18H19ClN2O/c19-17-7-5-14(6-8-17)11-20-18(22)13-21-10-9-15-3-1-2-4-16(15)12-21/h1-8H,9-13H2,(H,20,22). The van der Waals surface area contributed by atoms with Crippen molar-refractivity contribution in [2.24, 2.45) is 0 Å². The molecule has 0 radical (unpaired) electrons. The number of nitrogens with zero attached hydrogens (tertiary/aromatic N) is 1. The number of hydrogen-bond acceptors (Lipinski definition) is 2. The average Bonchev–Trinajstić information content (AvgIpc) is 2.54. The van der Waals surface area contributed by atoms with Gasteiger partial charge in [-0.05, 0) is 35.2 Å². The molecule has 22 heavy (non-hydrogen) atoms. The van der Waals surface area contributed by atoms with E-state index in [0.717, 1.165) is 25.1 Å². The fourth-order valence-corrected chi connectivity index (χ4v) is 2.88. The lowest BCUT2D eigenvalue weighted by Crippen LogP contribution is -2.39. The molecule has 0 aromatic heterocycles. The van der Waals surface area contributed by atoms with Crippen LogP contribution in [0.5, 0.6) is 0 Å². The lowest BCUT2D eigenvalue weighted by molar-refractivity contribution is -0.122. The summed E-state index contributed by atoms with van der Waals surface area (Å²) in [4.78, 5) is 14.3. The van der Waals surface area contributed by atoms with Gasteiger partial charge in [0.15, 0.2) is 0 Å². The van der Waals surface area contributed by atoms with Gasteiger partial charge in [-0.2, -0.15) is 0 Å². The third-order valence-corrected chi connectivity index (χ3v) is 4.23.